The van der Waals surface area contributed by atoms with Gasteiger partial charge in [0.25, 0.3) is 0 Å². The molecule has 0 aliphatic rings. The van der Waals surface area contributed by atoms with Crippen LogP contribution >= 0.6 is 0 Å². The van der Waals surface area contributed by atoms with E-state index in [-0.39, 0.29) is 0 Å². The van der Waals surface area contributed by atoms with Crippen LogP contribution in [0.2, 0.25) is 0 Å². The SMILES string of the molecule is Cc1ccc2[nH]cc(-c3ccc4ccccc4n3)c2c1. The van der Waals surface area contributed by atoms with Crippen LogP contribution in [0.15, 0.2) is 60.8 Å². The molecule has 2 heteroatoms. The van der Waals surface area contributed by atoms with Crippen LogP contribution in [-0.2, 0) is 0 Å². The van der Waals surface area contributed by atoms with Crippen LogP contribution < -0.4 is 0 Å². The molecule has 0 amide bonds. The van der Waals surface area contributed by atoms with Crippen molar-refractivity contribution in [3.05, 3.63) is 66.4 Å². The van der Waals surface area contributed by atoms with Crippen molar-refractivity contribution >= 4 is 21.8 Å². The largest absolute Gasteiger partial charge is 0.360 e. The van der Waals surface area contributed by atoms with Crippen molar-refractivity contribution in [1.82, 2.24) is 9.97 Å². The van der Waals surface area contributed by atoms with Crippen molar-refractivity contribution in [2.45, 2.75) is 6.92 Å². The number of aromatic amines is 1. The highest BCUT2D eigenvalue weighted by Crippen LogP contribution is 2.29. The van der Waals surface area contributed by atoms with E-state index in [1.807, 2.05) is 18.3 Å². The van der Waals surface area contributed by atoms with Gasteiger partial charge in [0.15, 0.2) is 0 Å². The van der Waals surface area contributed by atoms with E-state index in [2.05, 4.69) is 54.4 Å². The zero-order chi connectivity index (χ0) is 13.5. The van der Waals surface area contributed by atoms with Crippen LogP contribution in [0.3, 0.4) is 0 Å². The first kappa shape index (κ1) is 11.2. The van der Waals surface area contributed by atoms with E-state index in [9.17, 15) is 0 Å². The number of benzene rings is 2. The van der Waals surface area contributed by atoms with E-state index >= 15 is 0 Å². The van der Waals surface area contributed by atoms with Crippen LogP contribution in [-0.4, -0.2) is 9.97 Å². The Bertz CT molecular complexity index is 919. The molecule has 20 heavy (non-hydrogen) atoms. The average Bonchev–Trinajstić information content (AvgIpc) is 2.89. The van der Waals surface area contributed by atoms with Crippen LogP contribution in [0.25, 0.3) is 33.1 Å². The molecule has 2 aromatic heterocycles. The Hall–Kier alpha value is -2.61. The molecule has 2 aromatic carbocycles. The fourth-order valence-corrected chi connectivity index (χ4v) is 2.66. The molecule has 0 aliphatic heterocycles. The molecule has 0 saturated heterocycles. The van der Waals surface area contributed by atoms with Crippen LogP contribution in [0.5, 0.6) is 0 Å². The summed E-state index contributed by atoms with van der Waals surface area (Å²) in [7, 11) is 0. The number of aromatic nitrogens is 2. The number of fused-ring (bicyclic) bond motifs is 2. The first-order chi connectivity index (χ1) is 9.81. The summed E-state index contributed by atoms with van der Waals surface area (Å²) in [4.78, 5) is 8.10. The highest BCUT2D eigenvalue weighted by Gasteiger charge is 2.08. The standard InChI is InChI=1S/C18H14N2/c1-12-6-8-17-14(10-12)15(11-19-17)18-9-7-13-4-2-3-5-16(13)20-18/h2-11,19H,1H3. The first-order valence-corrected chi connectivity index (χ1v) is 6.75. The first-order valence-electron chi connectivity index (χ1n) is 6.75. The maximum Gasteiger partial charge on any atom is 0.0731 e. The molecule has 4 aromatic rings. The molecule has 0 saturated carbocycles. The second-order valence-corrected chi connectivity index (χ2v) is 5.14. The Balaban J connectivity index is 1.98. The lowest BCUT2D eigenvalue weighted by atomic mass is 10.1. The van der Waals surface area contributed by atoms with E-state index in [1.165, 1.54) is 16.3 Å². The number of H-pyrrole nitrogens is 1. The Labute approximate surface area is 117 Å². The van der Waals surface area contributed by atoms with Gasteiger partial charge in [-0.15, -0.1) is 0 Å². The van der Waals surface area contributed by atoms with E-state index < -0.39 is 0 Å². The van der Waals surface area contributed by atoms with Crippen LogP contribution in [0.4, 0.5) is 0 Å². The summed E-state index contributed by atoms with van der Waals surface area (Å²) in [6.07, 6.45) is 2.04. The van der Waals surface area contributed by atoms with Crippen molar-refractivity contribution in [3.8, 4) is 11.3 Å². The Morgan fingerprint density at radius 1 is 0.950 bits per heavy atom. The van der Waals surface area contributed by atoms with Gasteiger partial charge in [-0.05, 0) is 31.2 Å². The Morgan fingerprint density at radius 3 is 2.80 bits per heavy atom. The summed E-state index contributed by atoms with van der Waals surface area (Å²) in [6, 6.07) is 18.9. The molecule has 0 spiro atoms. The van der Waals surface area contributed by atoms with E-state index in [1.54, 1.807) is 0 Å². The number of hydrogen-bond acceptors (Lipinski definition) is 1. The third-order valence-electron chi connectivity index (χ3n) is 3.71. The van der Waals surface area contributed by atoms with Gasteiger partial charge in [0.2, 0.25) is 0 Å². The predicted molar refractivity (Wildman–Crippen MR) is 83.8 cm³/mol. The lowest BCUT2D eigenvalue weighted by Gasteiger charge is -2.02. The van der Waals surface area contributed by atoms with Crippen LogP contribution in [0, 0.1) is 6.92 Å². The zero-order valence-electron chi connectivity index (χ0n) is 11.2. The molecule has 0 radical (unpaired) electrons. The molecule has 0 atom stereocenters. The van der Waals surface area contributed by atoms with Gasteiger partial charge in [-0.2, -0.15) is 0 Å². The summed E-state index contributed by atoms with van der Waals surface area (Å²) in [5, 5.41) is 2.40. The third kappa shape index (κ3) is 1.69. The van der Waals surface area contributed by atoms with E-state index in [0.29, 0.717) is 0 Å². The molecular weight excluding hydrogens is 244 g/mol. The fraction of sp³-hybridized carbons (Fsp3) is 0.0556. The molecule has 0 fully saturated rings. The van der Waals surface area contributed by atoms with E-state index in [4.69, 9.17) is 4.98 Å². The minimum absolute atomic E-state index is 1.01. The predicted octanol–water partition coefficient (Wildman–Crippen LogP) is 4.69. The number of pyridine rings is 1. The molecule has 2 nitrogen and oxygen atoms in total. The topological polar surface area (TPSA) is 28.7 Å². The van der Waals surface area contributed by atoms with Gasteiger partial charge in [0, 0.05) is 28.0 Å². The normalized spacial score (nSPS) is 11.2. The highest BCUT2D eigenvalue weighted by molar-refractivity contribution is 5.96. The third-order valence-corrected chi connectivity index (χ3v) is 3.71. The van der Waals surface area contributed by atoms with E-state index in [0.717, 1.165) is 22.3 Å². The maximum absolute atomic E-state index is 4.78. The van der Waals surface area contributed by atoms with Gasteiger partial charge in [-0.25, -0.2) is 4.98 Å². The second-order valence-electron chi connectivity index (χ2n) is 5.14. The number of hydrogen-bond donors (Lipinski definition) is 1. The number of nitrogens with one attached hydrogen (secondary N) is 1. The zero-order valence-corrected chi connectivity index (χ0v) is 11.2. The smallest absolute Gasteiger partial charge is 0.0731 e. The lowest BCUT2D eigenvalue weighted by Crippen LogP contribution is -1.84. The van der Waals surface area contributed by atoms with Gasteiger partial charge in [-0.3, -0.25) is 0 Å². The average molecular weight is 258 g/mol. The quantitative estimate of drug-likeness (QED) is 0.527. The van der Waals surface area contributed by atoms with Gasteiger partial charge < -0.3 is 4.98 Å². The van der Waals surface area contributed by atoms with Crippen molar-refractivity contribution in [2.24, 2.45) is 0 Å². The minimum atomic E-state index is 1.01. The van der Waals surface area contributed by atoms with Crippen molar-refractivity contribution in [1.29, 1.82) is 0 Å². The number of rotatable bonds is 1. The molecule has 0 aliphatic carbocycles. The van der Waals surface area contributed by atoms with Crippen LogP contribution in [0.1, 0.15) is 5.56 Å². The van der Waals surface area contributed by atoms with Gasteiger partial charge in [-0.1, -0.05) is 35.9 Å². The Morgan fingerprint density at radius 2 is 1.85 bits per heavy atom. The van der Waals surface area contributed by atoms with Crippen molar-refractivity contribution < 1.29 is 0 Å². The minimum Gasteiger partial charge on any atom is -0.360 e. The molecule has 0 bridgehead atoms. The van der Waals surface area contributed by atoms with Gasteiger partial charge >= 0.3 is 0 Å². The lowest BCUT2D eigenvalue weighted by molar-refractivity contribution is 1.40. The summed E-state index contributed by atoms with van der Waals surface area (Å²) < 4.78 is 0. The van der Waals surface area contributed by atoms with Gasteiger partial charge in [0.1, 0.15) is 0 Å². The number of para-hydroxylation sites is 1. The highest BCUT2D eigenvalue weighted by atomic mass is 14.7. The second kappa shape index (κ2) is 4.20. The fourth-order valence-electron chi connectivity index (χ4n) is 2.66. The number of nitrogens with zero attached hydrogens (tertiary/aromatic N) is 1. The summed E-state index contributed by atoms with van der Waals surface area (Å²) in [6.45, 7) is 2.12. The maximum atomic E-state index is 4.78. The van der Waals surface area contributed by atoms with Gasteiger partial charge in [0.05, 0.1) is 11.2 Å². The van der Waals surface area contributed by atoms with Crippen molar-refractivity contribution in [3.63, 3.8) is 0 Å². The monoisotopic (exact) mass is 258 g/mol. The molecule has 4 rings (SSSR count). The summed E-state index contributed by atoms with van der Waals surface area (Å²) in [5.41, 5.74) is 5.63. The molecule has 2 heterocycles. The molecule has 1 N–H and O–H groups in total. The summed E-state index contributed by atoms with van der Waals surface area (Å²) >= 11 is 0. The summed E-state index contributed by atoms with van der Waals surface area (Å²) in [5.74, 6) is 0. The molecule has 96 valence electrons. The van der Waals surface area contributed by atoms with Crippen molar-refractivity contribution in [2.75, 3.05) is 0 Å². The molecular formula is C18H14N2. The molecule has 0 unspecified atom stereocenters. The Kier molecular flexibility index (Phi) is 2.36. The number of aryl methyl sites for hydroxylation is 1.